The summed E-state index contributed by atoms with van der Waals surface area (Å²) in [5.41, 5.74) is 0.935. The number of hydrogen-bond donors (Lipinski definition) is 2. The van der Waals surface area contributed by atoms with Crippen molar-refractivity contribution in [2.75, 3.05) is 13.1 Å². The molecule has 1 aromatic rings. The molecule has 0 aromatic heterocycles. The van der Waals surface area contributed by atoms with E-state index in [1.165, 1.54) is 0 Å². The van der Waals surface area contributed by atoms with Gasteiger partial charge in [-0.15, -0.1) is 0 Å². The van der Waals surface area contributed by atoms with Crippen LogP contribution >= 0.6 is 0 Å². The van der Waals surface area contributed by atoms with Crippen molar-refractivity contribution in [3.05, 3.63) is 48.0 Å². The van der Waals surface area contributed by atoms with E-state index >= 15 is 0 Å². The Hall–Kier alpha value is -2.30. The van der Waals surface area contributed by atoms with E-state index in [4.69, 9.17) is 4.74 Å². The van der Waals surface area contributed by atoms with E-state index in [0.717, 1.165) is 12.0 Å². The lowest BCUT2D eigenvalue weighted by Crippen LogP contribution is -2.34. The van der Waals surface area contributed by atoms with Crippen LogP contribution in [0.5, 0.6) is 0 Å². The second-order valence-corrected chi connectivity index (χ2v) is 4.45. The highest BCUT2D eigenvalue weighted by Crippen LogP contribution is 2.00. The van der Waals surface area contributed by atoms with Gasteiger partial charge in [-0.1, -0.05) is 42.5 Å². The average Bonchev–Trinajstić information content (AvgIpc) is 2.51. The molecular weight excluding hydrogens is 268 g/mol. The first-order valence-corrected chi connectivity index (χ1v) is 7.04. The fraction of sp³-hybridized carbons (Fsp3) is 0.375. The van der Waals surface area contributed by atoms with Crippen LogP contribution in [-0.2, 0) is 16.1 Å². The van der Waals surface area contributed by atoms with E-state index in [-0.39, 0.29) is 12.5 Å². The number of rotatable bonds is 8. The maximum absolute atomic E-state index is 11.4. The Morgan fingerprint density at radius 3 is 2.57 bits per heavy atom. The lowest BCUT2D eigenvalue weighted by atomic mass is 10.2. The van der Waals surface area contributed by atoms with Gasteiger partial charge >= 0.3 is 6.09 Å². The van der Waals surface area contributed by atoms with Crippen molar-refractivity contribution >= 4 is 12.0 Å². The molecule has 0 saturated carbocycles. The van der Waals surface area contributed by atoms with Gasteiger partial charge in [0.2, 0.25) is 5.91 Å². The number of alkyl carbamates (subject to hydrolysis) is 1. The molecule has 1 aromatic carbocycles. The van der Waals surface area contributed by atoms with Crippen molar-refractivity contribution in [3.8, 4) is 0 Å². The molecule has 0 spiro atoms. The molecule has 2 amide bonds. The molecule has 0 aliphatic carbocycles. The van der Waals surface area contributed by atoms with Gasteiger partial charge < -0.3 is 15.4 Å². The molecule has 114 valence electrons. The van der Waals surface area contributed by atoms with Crippen molar-refractivity contribution in [2.24, 2.45) is 0 Å². The second-order valence-electron chi connectivity index (χ2n) is 4.45. The normalized spacial score (nSPS) is 10.3. The van der Waals surface area contributed by atoms with Gasteiger partial charge in [0.05, 0.1) is 0 Å². The van der Waals surface area contributed by atoms with Gasteiger partial charge in [-0.2, -0.15) is 0 Å². The van der Waals surface area contributed by atoms with Crippen molar-refractivity contribution in [1.29, 1.82) is 0 Å². The molecule has 0 aliphatic rings. The number of benzene rings is 1. The molecule has 21 heavy (non-hydrogen) atoms. The number of amides is 2. The summed E-state index contributed by atoms with van der Waals surface area (Å²) in [5.74, 6) is -0.0208. The topological polar surface area (TPSA) is 67.4 Å². The summed E-state index contributed by atoms with van der Waals surface area (Å²) in [7, 11) is 0. The third-order valence-electron chi connectivity index (χ3n) is 2.70. The van der Waals surface area contributed by atoms with Crippen LogP contribution in [0.15, 0.2) is 42.5 Å². The number of carbonyl (C=O) groups is 2. The van der Waals surface area contributed by atoms with Crippen LogP contribution in [-0.4, -0.2) is 25.1 Å². The summed E-state index contributed by atoms with van der Waals surface area (Å²) in [5, 5.41) is 5.31. The molecule has 0 radical (unpaired) electrons. The molecule has 0 atom stereocenters. The number of nitrogens with one attached hydrogen (secondary N) is 2. The van der Waals surface area contributed by atoms with Gasteiger partial charge in [-0.05, 0) is 18.9 Å². The van der Waals surface area contributed by atoms with Crippen LogP contribution < -0.4 is 10.6 Å². The predicted molar refractivity (Wildman–Crippen MR) is 81.7 cm³/mol. The predicted octanol–water partition coefficient (Wildman–Crippen LogP) is 2.39. The van der Waals surface area contributed by atoms with E-state index in [9.17, 15) is 9.59 Å². The van der Waals surface area contributed by atoms with Crippen molar-refractivity contribution < 1.29 is 14.3 Å². The minimum Gasteiger partial charge on any atom is -0.445 e. The van der Waals surface area contributed by atoms with E-state index < -0.39 is 6.09 Å². The van der Waals surface area contributed by atoms with Gasteiger partial charge in [-0.3, -0.25) is 4.79 Å². The van der Waals surface area contributed by atoms with Crippen molar-refractivity contribution in [3.63, 3.8) is 0 Å². The molecule has 0 heterocycles. The van der Waals surface area contributed by atoms with Crippen LogP contribution in [0, 0.1) is 0 Å². The van der Waals surface area contributed by atoms with Gasteiger partial charge in [0.15, 0.2) is 0 Å². The zero-order chi connectivity index (χ0) is 15.3. The Morgan fingerprint density at radius 2 is 1.86 bits per heavy atom. The molecule has 2 N–H and O–H groups in total. The molecule has 0 unspecified atom stereocenters. The smallest absolute Gasteiger partial charge is 0.407 e. The van der Waals surface area contributed by atoms with E-state index in [0.29, 0.717) is 19.5 Å². The fourth-order valence-electron chi connectivity index (χ4n) is 1.61. The summed E-state index contributed by atoms with van der Waals surface area (Å²) in [6.45, 7) is 2.91. The Bertz CT molecular complexity index is 458. The van der Waals surface area contributed by atoms with Crippen LogP contribution in [0.4, 0.5) is 4.79 Å². The van der Waals surface area contributed by atoms with E-state index in [2.05, 4.69) is 10.6 Å². The van der Waals surface area contributed by atoms with Crippen molar-refractivity contribution in [1.82, 2.24) is 10.6 Å². The van der Waals surface area contributed by atoms with Crippen LogP contribution in [0.1, 0.15) is 25.3 Å². The average molecular weight is 290 g/mol. The molecule has 0 aliphatic heterocycles. The maximum atomic E-state index is 11.4. The lowest BCUT2D eigenvalue weighted by molar-refractivity contribution is -0.120. The minimum absolute atomic E-state index is 0.0208. The van der Waals surface area contributed by atoms with Crippen LogP contribution in [0.3, 0.4) is 0 Å². The molecular formula is C16H22N2O3. The Labute approximate surface area is 125 Å². The van der Waals surface area contributed by atoms with Gasteiger partial charge in [0, 0.05) is 19.5 Å². The van der Waals surface area contributed by atoms with Crippen LogP contribution in [0.2, 0.25) is 0 Å². The monoisotopic (exact) mass is 290 g/mol. The first-order chi connectivity index (χ1) is 10.2. The van der Waals surface area contributed by atoms with Gasteiger partial charge in [0.1, 0.15) is 6.61 Å². The largest absolute Gasteiger partial charge is 0.445 e. The summed E-state index contributed by atoms with van der Waals surface area (Å²) >= 11 is 0. The van der Waals surface area contributed by atoms with Gasteiger partial charge in [-0.25, -0.2) is 4.79 Å². The molecule has 1 rings (SSSR count). The third kappa shape index (κ3) is 8.47. The highest BCUT2D eigenvalue weighted by Gasteiger charge is 2.02. The highest BCUT2D eigenvalue weighted by molar-refractivity contribution is 5.76. The molecule has 5 nitrogen and oxygen atoms in total. The summed E-state index contributed by atoms with van der Waals surface area (Å²) in [6, 6.07) is 9.46. The third-order valence-corrected chi connectivity index (χ3v) is 2.70. The quantitative estimate of drug-likeness (QED) is 0.570. The number of ether oxygens (including phenoxy) is 1. The molecule has 0 saturated heterocycles. The zero-order valence-corrected chi connectivity index (χ0v) is 12.3. The number of carbonyl (C=O) groups excluding carboxylic acids is 2. The molecule has 5 heteroatoms. The molecule has 0 bridgehead atoms. The first-order valence-electron chi connectivity index (χ1n) is 7.04. The standard InChI is InChI=1S/C16H22N2O3/c1-2-3-5-10-15(19)17-11-12-18-16(20)21-13-14-8-6-4-7-9-14/h2-4,6-9H,5,10-13H2,1H3,(H,17,19)(H,18,20). The Kier molecular flexibility index (Phi) is 8.36. The number of allylic oxidation sites excluding steroid dienone is 2. The Morgan fingerprint density at radius 1 is 1.14 bits per heavy atom. The summed E-state index contributed by atoms with van der Waals surface area (Å²) in [6.07, 6.45) is 4.57. The minimum atomic E-state index is -0.484. The summed E-state index contributed by atoms with van der Waals surface area (Å²) in [4.78, 5) is 22.8. The lowest BCUT2D eigenvalue weighted by Gasteiger charge is -2.08. The second kappa shape index (κ2) is 10.5. The summed E-state index contributed by atoms with van der Waals surface area (Å²) < 4.78 is 5.04. The zero-order valence-electron chi connectivity index (χ0n) is 12.3. The number of hydrogen-bond acceptors (Lipinski definition) is 3. The Balaban J connectivity index is 2.04. The van der Waals surface area contributed by atoms with Gasteiger partial charge in [0.25, 0.3) is 0 Å². The van der Waals surface area contributed by atoms with E-state index in [1.54, 1.807) is 0 Å². The SMILES string of the molecule is CC=CCCC(=O)NCCNC(=O)OCc1ccccc1. The maximum Gasteiger partial charge on any atom is 0.407 e. The van der Waals surface area contributed by atoms with E-state index in [1.807, 2.05) is 49.4 Å². The first kappa shape index (κ1) is 16.8. The van der Waals surface area contributed by atoms with Crippen LogP contribution in [0.25, 0.3) is 0 Å². The fourth-order valence-corrected chi connectivity index (χ4v) is 1.61. The van der Waals surface area contributed by atoms with Crippen molar-refractivity contribution in [2.45, 2.75) is 26.4 Å². The molecule has 0 fully saturated rings. The highest BCUT2D eigenvalue weighted by atomic mass is 16.5.